The largest absolute Gasteiger partial charge is 0.549 e. The van der Waals surface area contributed by atoms with Crippen molar-refractivity contribution < 1.29 is 19.8 Å². The van der Waals surface area contributed by atoms with Crippen LogP contribution in [0.4, 0.5) is 0 Å². The highest BCUT2D eigenvalue weighted by atomic mass is 16.4. The van der Waals surface area contributed by atoms with Crippen molar-refractivity contribution in [3.05, 3.63) is 35.9 Å². The molecule has 0 spiro atoms. The van der Waals surface area contributed by atoms with Gasteiger partial charge in [-0.15, -0.1) is 0 Å². The summed E-state index contributed by atoms with van der Waals surface area (Å²) in [4.78, 5) is 20.9. The van der Waals surface area contributed by atoms with Crippen molar-refractivity contribution in [1.29, 1.82) is 0 Å². The molecule has 0 saturated carbocycles. The standard InChI is InChI=1S/C11H12O4/c12-10(13)9(11(14)15)7-6-8-4-2-1-3-5-8/h1-5,9H,6-7H2,(H,12,13)(H,14,15)/p-2. The Morgan fingerprint density at radius 3 is 2.07 bits per heavy atom. The highest BCUT2D eigenvalue weighted by Crippen LogP contribution is 2.08. The van der Waals surface area contributed by atoms with E-state index in [1.807, 2.05) is 30.3 Å². The third-order valence-corrected chi connectivity index (χ3v) is 2.13. The van der Waals surface area contributed by atoms with Gasteiger partial charge in [-0.1, -0.05) is 30.3 Å². The van der Waals surface area contributed by atoms with Crippen molar-refractivity contribution in [3.8, 4) is 0 Å². The maximum atomic E-state index is 10.4. The van der Waals surface area contributed by atoms with Gasteiger partial charge in [-0.25, -0.2) is 0 Å². The zero-order valence-electron chi connectivity index (χ0n) is 8.01. The van der Waals surface area contributed by atoms with Gasteiger partial charge in [-0.05, 0) is 18.4 Å². The number of carboxylic acids is 2. The van der Waals surface area contributed by atoms with Crippen molar-refractivity contribution in [2.45, 2.75) is 12.8 Å². The number of hydrogen-bond acceptors (Lipinski definition) is 4. The molecule has 1 aromatic rings. The van der Waals surface area contributed by atoms with E-state index < -0.39 is 17.9 Å². The monoisotopic (exact) mass is 206 g/mol. The smallest absolute Gasteiger partial charge is 0.0501 e. The van der Waals surface area contributed by atoms with Crippen LogP contribution in [0.2, 0.25) is 0 Å². The average molecular weight is 206 g/mol. The first-order valence-corrected chi connectivity index (χ1v) is 4.57. The lowest BCUT2D eigenvalue weighted by Crippen LogP contribution is -2.43. The fourth-order valence-electron chi connectivity index (χ4n) is 1.29. The molecule has 0 amide bonds. The van der Waals surface area contributed by atoms with E-state index in [0.717, 1.165) is 5.56 Å². The van der Waals surface area contributed by atoms with E-state index in [4.69, 9.17) is 0 Å². The number of carbonyl (C=O) groups excluding carboxylic acids is 2. The molecule has 80 valence electrons. The molecular formula is C11H10O4-2. The van der Waals surface area contributed by atoms with Gasteiger partial charge in [0.25, 0.3) is 0 Å². The molecular weight excluding hydrogens is 196 g/mol. The molecule has 0 N–H and O–H groups in total. The minimum absolute atomic E-state index is 0.00528. The van der Waals surface area contributed by atoms with Crippen molar-refractivity contribution >= 4 is 11.9 Å². The van der Waals surface area contributed by atoms with Gasteiger partial charge in [0, 0.05) is 5.92 Å². The molecule has 0 aliphatic heterocycles. The average Bonchev–Trinajstić information content (AvgIpc) is 2.18. The predicted octanol–water partition coefficient (Wildman–Crippen LogP) is -1.26. The molecule has 0 heterocycles. The summed E-state index contributed by atoms with van der Waals surface area (Å²) in [6, 6.07) is 9.06. The number of aliphatic carboxylic acids is 2. The lowest BCUT2D eigenvalue weighted by atomic mass is 10.00. The first-order chi connectivity index (χ1) is 7.11. The van der Waals surface area contributed by atoms with Crippen LogP contribution in [0.25, 0.3) is 0 Å². The molecule has 0 radical (unpaired) electrons. The number of hydrogen-bond donors (Lipinski definition) is 0. The highest BCUT2D eigenvalue weighted by Gasteiger charge is 2.10. The number of carboxylic acid groups (broad SMARTS) is 2. The fourth-order valence-corrected chi connectivity index (χ4v) is 1.29. The second-order valence-electron chi connectivity index (χ2n) is 3.21. The molecule has 0 aliphatic carbocycles. The Balaban J connectivity index is 2.55. The molecule has 0 atom stereocenters. The van der Waals surface area contributed by atoms with Gasteiger partial charge in [0.05, 0.1) is 11.9 Å². The van der Waals surface area contributed by atoms with Crippen LogP contribution in [0.15, 0.2) is 30.3 Å². The number of benzene rings is 1. The summed E-state index contributed by atoms with van der Waals surface area (Å²) in [5.74, 6) is -4.72. The minimum atomic E-state index is -1.59. The molecule has 4 nitrogen and oxygen atoms in total. The van der Waals surface area contributed by atoms with Crippen LogP contribution in [0, 0.1) is 5.92 Å². The zero-order valence-corrected chi connectivity index (χ0v) is 8.01. The van der Waals surface area contributed by atoms with Gasteiger partial charge in [-0.2, -0.15) is 0 Å². The molecule has 1 rings (SSSR count). The summed E-state index contributed by atoms with van der Waals surface area (Å²) >= 11 is 0. The molecule has 0 saturated heterocycles. The summed E-state index contributed by atoms with van der Waals surface area (Å²) in [6.45, 7) is 0. The molecule has 15 heavy (non-hydrogen) atoms. The van der Waals surface area contributed by atoms with Crippen molar-refractivity contribution in [3.63, 3.8) is 0 Å². The Bertz CT molecular complexity index is 331. The van der Waals surface area contributed by atoms with E-state index in [1.54, 1.807) is 0 Å². The summed E-state index contributed by atoms with van der Waals surface area (Å²) < 4.78 is 0. The number of aryl methyl sites for hydroxylation is 1. The van der Waals surface area contributed by atoms with Crippen LogP contribution < -0.4 is 10.2 Å². The molecule has 4 heteroatoms. The Kier molecular flexibility index (Phi) is 3.85. The van der Waals surface area contributed by atoms with E-state index in [-0.39, 0.29) is 6.42 Å². The van der Waals surface area contributed by atoms with E-state index >= 15 is 0 Å². The van der Waals surface area contributed by atoms with Crippen molar-refractivity contribution in [2.75, 3.05) is 0 Å². The highest BCUT2D eigenvalue weighted by molar-refractivity contribution is 5.90. The molecule has 0 unspecified atom stereocenters. The third-order valence-electron chi connectivity index (χ3n) is 2.13. The quantitative estimate of drug-likeness (QED) is 0.563. The Morgan fingerprint density at radius 2 is 1.60 bits per heavy atom. The molecule has 1 aromatic carbocycles. The SMILES string of the molecule is O=C([O-])C(CCc1ccccc1)C(=O)[O-]. The van der Waals surface area contributed by atoms with Gasteiger partial charge in [-0.3, -0.25) is 0 Å². The van der Waals surface area contributed by atoms with Gasteiger partial charge < -0.3 is 19.8 Å². The molecule has 0 bridgehead atoms. The van der Waals surface area contributed by atoms with Gasteiger partial charge >= 0.3 is 0 Å². The van der Waals surface area contributed by atoms with E-state index in [9.17, 15) is 19.8 Å². The second kappa shape index (κ2) is 5.14. The van der Waals surface area contributed by atoms with Crippen LogP contribution in [-0.4, -0.2) is 11.9 Å². The van der Waals surface area contributed by atoms with Crippen molar-refractivity contribution in [2.24, 2.45) is 5.92 Å². The number of rotatable bonds is 5. The molecule has 0 aromatic heterocycles. The van der Waals surface area contributed by atoms with E-state index in [1.165, 1.54) is 0 Å². The predicted molar refractivity (Wildman–Crippen MR) is 48.3 cm³/mol. The third kappa shape index (κ3) is 3.42. The Morgan fingerprint density at radius 1 is 1.07 bits per heavy atom. The van der Waals surface area contributed by atoms with E-state index in [2.05, 4.69) is 0 Å². The second-order valence-corrected chi connectivity index (χ2v) is 3.21. The van der Waals surface area contributed by atoms with Crippen molar-refractivity contribution in [1.82, 2.24) is 0 Å². The van der Waals surface area contributed by atoms with Gasteiger partial charge in [0.2, 0.25) is 0 Å². The van der Waals surface area contributed by atoms with Gasteiger partial charge in [0.1, 0.15) is 0 Å². The zero-order chi connectivity index (χ0) is 11.3. The Labute approximate surface area is 87.2 Å². The molecule has 0 aliphatic rings. The van der Waals surface area contributed by atoms with Crippen LogP contribution in [-0.2, 0) is 16.0 Å². The van der Waals surface area contributed by atoms with Crippen LogP contribution in [0.5, 0.6) is 0 Å². The minimum Gasteiger partial charge on any atom is -0.549 e. The fraction of sp³-hybridized carbons (Fsp3) is 0.273. The summed E-state index contributed by atoms with van der Waals surface area (Å²) in [6.07, 6.45) is 0.377. The maximum absolute atomic E-state index is 10.4. The molecule has 0 fully saturated rings. The van der Waals surface area contributed by atoms with Gasteiger partial charge in [0.15, 0.2) is 0 Å². The first-order valence-electron chi connectivity index (χ1n) is 4.57. The lowest BCUT2D eigenvalue weighted by Gasteiger charge is -2.18. The maximum Gasteiger partial charge on any atom is 0.0501 e. The summed E-state index contributed by atoms with van der Waals surface area (Å²) in [5, 5.41) is 20.9. The van der Waals surface area contributed by atoms with Crippen LogP contribution in [0.1, 0.15) is 12.0 Å². The summed E-state index contributed by atoms with van der Waals surface area (Å²) in [7, 11) is 0. The lowest BCUT2D eigenvalue weighted by molar-refractivity contribution is -0.331. The van der Waals surface area contributed by atoms with E-state index in [0.29, 0.717) is 6.42 Å². The van der Waals surface area contributed by atoms with Crippen LogP contribution in [0.3, 0.4) is 0 Å². The topological polar surface area (TPSA) is 80.3 Å². The van der Waals surface area contributed by atoms with Crippen LogP contribution >= 0.6 is 0 Å². The first kappa shape index (κ1) is 11.2. The normalized spacial score (nSPS) is 10.2. The summed E-state index contributed by atoms with van der Waals surface area (Å²) in [5.41, 5.74) is 0.894. The Hall–Kier alpha value is -1.84. The number of carbonyl (C=O) groups is 2.